The van der Waals surface area contributed by atoms with Crippen LogP contribution in [0.25, 0.3) is 0 Å². The number of rotatable bonds is 10. The highest BCUT2D eigenvalue weighted by molar-refractivity contribution is 5.63. The molecule has 34 heavy (non-hydrogen) atoms. The molecule has 0 unspecified atom stereocenters. The summed E-state index contributed by atoms with van der Waals surface area (Å²) < 4.78 is 41.7. The van der Waals surface area contributed by atoms with Gasteiger partial charge in [-0.05, 0) is 81.5 Å². The minimum absolute atomic E-state index is 0.260. The molecule has 0 aliphatic carbocycles. The Labute approximate surface area is 201 Å². The Morgan fingerprint density at radius 1 is 1.15 bits per heavy atom. The summed E-state index contributed by atoms with van der Waals surface area (Å²) in [7, 11) is 0. The van der Waals surface area contributed by atoms with Crippen LogP contribution >= 0.6 is 0 Å². The lowest BCUT2D eigenvalue weighted by Gasteiger charge is -2.47. The molecular weight excluding hydrogens is 441 g/mol. The summed E-state index contributed by atoms with van der Waals surface area (Å²) >= 11 is 0. The fourth-order valence-electron chi connectivity index (χ4n) is 4.02. The molecule has 2 N–H and O–H groups in total. The molecule has 0 atom stereocenters. The van der Waals surface area contributed by atoms with Gasteiger partial charge in [-0.25, -0.2) is 0 Å². The standard InChI is InChI=1S/C27H37F3N2O2/c1-7-11-20(10-4)24(23(12-8-2)32-17-26(6,33)18-32)25(19(5)9-3)31-21-13-15-22(16-14-21)34-27(28,29)30/h8,11-16,31,33H,7,9-10,17-18H2,1-6H3/b12-8-,20-11+,24-23+,25-19?. The molecule has 1 aliphatic rings. The van der Waals surface area contributed by atoms with Crippen molar-refractivity contribution in [1.82, 2.24) is 4.90 Å². The molecule has 0 radical (unpaired) electrons. The van der Waals surface area contributed by atoms with Gasteiger partial charge < -0.3 is 20.1 Å². The molecule has 1 aromatic carbocycles. The molecule has 1 heterocycles. The number of hydrogen-bond acceptors (Lipinski definition) is 4. The van der Waals surface area contributed by atoms with E-state index < -0.39 is 12.0 Å². The van der Waals surface area contributed by atoms with Crippen molar-refractivity contribution in [2.75, 3.05) is 18.4 Å². The fraction of sp³-hybridized carbons (Fsp3) is 0.481. The first-order chi connectivity index (χ1) is 15.9. The SMILES string of the molecule is C\C=C/C(=C(C(Nc1ccc(OC(F)(F)F)cc1)=C(C)CC)/C(=C/CC)CC)N1CC(C)(O)C1. The monoisotopic (exact) mass is 478 g/mol. The zero-order valence-electron chi connectivity index (χ0n) is 21.0. The predicted octanol–water partition coefficient (Wildman–Crippen LogP) is 7.32. The Hall–Kier alpha value is -2.67. The van der Waals surface area contributed by atoms with Gasteiger partial charge in [0.05, 0.1) is 5.60 Å². The van der Waals surface area contributed by atoms with Crippen LogP contribution in [0.5, 0.6) is 5.75 Å². The number of benzene rings is 1. The summed E-state index contributed by atoms with van der Waals surface area (Å²) in [6.45, 7) is 13.2. The van der Waals surface area contributed by atoms with E-state index in [1.165, 1.54) is 17.7 Å². The molecule has 0 amide bonds. The lowest BCUT2D eigenvalue weighted by molar-refractivity contribution is -0.274. The third kappa shape index (κ3) is 7.42. The van der Waals surface area contributed by atoms with Crippen molar-refractivity contribution >= 4 is 5.69 Å². The van der Waals surface area contributed by atoms with Gasteiger partial charge in [0, 0.05) is 35.7 Å². The average molecular weight is 479 g/mol. The maximum Gasteiger partial charge on any atom is 0.573 e. The number of hydrogen-bond donors (Lipinski definition) is 2. The van der Waals surface area contributed by atoms with Gasteiger partial charge in [0.25, 0.3) is 0 Å². The van der Waals surface area contributed by atoms with E-state index >= 15 is 0 Å². The Balaban J connectivity index is 2.60. The van der Waals surface area contributed by atoms with Crippen LogP contribution in [-0.2, 0) is 0 Å². The number of anilines is 1. The van der Waals surface area contributed by atoms with Crippen molar-refractivity contribution in [1.29, 1.82) is 0 Å². The quantitative estimate of drug-likeness (QED) is 0.346. The van der Waals surface area contributed by atoms with Gasteiger partial charge in [0.2, 0.25) is 0 Å². The molecule has 2 rings (SSSR count). The molecule has 1 saturated heterocycles. The number of ether oxygens (including phenoxy) is 1. The average Bonchev–Trinajstić information content (AvgIpc) is 2.75. The number of likely N-dealkylation sites (tertiary alicyclic amines) is 1. The summed E-state index contributed by atoms with van der Waals surface area (Å²) in [5.41, 5.74) is 5.22. The number of nitrogens with one attached hydrogen (secondary N) is 1. The van der Waals surface area contributed by atoms with Gasteiger partial charge in [0.15, 0.2) is 0 Å². The van der Waals surface area contributed by atoms with Gasteiger partial charge in [-0.1, -0.05) is 32.9 Å². The van der Waals surface area contributed by atoms with Crippen LogP contribution in [0, 0.1) is 0 Å². The molecule has 4 nitrogen and oxygen atoms in total. The van der Waals surface area contributed by atoms with Crippen LogP contribution < -0.4 is 10.1 Å². The topological polar surface area (TPSA) is 44.7 Å². The van der Waals surface area contributed by atoms with Crippen molar-refractivity contribution in [3.8, 4) is 5.75 Å². The third-order valence-corrected chi connectivity index (χ3v) is 5.70. The Morgan fingerprint density at radius 2 is 1.76 bits per heavy atom. The fourth-order valence-corrected chi connectivity index (χ4v) is 4.02. The Kier molecular flexibility index (Phi) is 9.45. The summed E-state index contributed by atoms with van der Waals surface area (Å²) in [4.78, 5) is 2.17. The molecule has 1 aromatic rings. The highest BCUT2D eigenvalue weighted by Gasteiger charge is 2.38. The molecule has 1 fully saturated rings. The van der Waals surface area contributed by atoms with Gasteiger partial charge in [-0.3, -0.25) is 0 Å². The first-order valence-electron chi connectivity index (χ1n) is 11.8. The highest BCUT2D eigenvalue weighted by Crippen LogP contribution is 2.36. The highest BCUT2D eigenvalue weighted by atomic mass is 19.4. The van der Waals surface area contributed by atoms with Crippen molar-refractivity contribution in [3.63, 3.8) is 0 Å². The first-order valence-corrected chi connectivity index (χ1v) is 11.8. The molecule has 7 heteroatoms. The van der Waals surface area contributed by atoms with E-state index in [1.54, 1.807) is 12.1 Å². The van der Waals surface area contributed by atoms with Crippen LogP contribution in [0.1, 0.15) is 60.8 Å². The van der Waals surface area contributed by atoms with E-state index in [0.29, 0.717) is 18.8 Å². The number of allylic oxidation sites excluding steroid dienone is 5. The zero-order valence-corrected chi connectivity index (χ0v) is 21.0. The molecule has 0 bridgehead atoms. The zero-order chi connectivity index (χ0) is 25.5. The second-order valence-electron chi connectivity index (χ2n) is 8.81. The molecule has 0 aromatic heterocycles. The summed E-state index contributed by atoms with van der Waals surface area (Å²) in [6, 6.07) is 5.78. The minimum atomic E-state index is -4.73. The third-order valence-electron chi connectivity index (χ3n) is 5.70. The van der Waals surface area contributed by atoms with Crippen LogP contribution in [-0.4, -0.2) is 35.1 Å². The normalized spacial score (nSPS) is 17.8. The Bertz CT molecular complexity index is 947. The van der Waals surface area contributed by atoms with Crippen molar-refractivity contribution in [2.24, 2.45) is 0 Å². The van der Waals surface area contributed by atoms with E-state index in [9.17, 15) is 18.3 Å². The van der Waals surface area contributed by atoms with Crippen molar-refractivity contribution in [3.05, 3.63) is 70.6 Å². The summed E-state index contributed by atoms with van der Waals surface area (Å²) in [5, 5.41) is 13.9. The van der Waals surface area contributed by atoms with E-state index in [4.69, 9.17) is 0 Å². The maximum atomic E-state index is 12.6. The second kappa shape index (κ2) is 11.6. The van der Waals surface area contributed by atoms with E-state index in [-0.39, 0.29) is 5.75 Å². The first kappa shape index (κ1) is 27.6. The number of nitrogens with zero attached hydrogens (tertiary/aromatic N) is 1. The van der Waals surface area contributed by atoms with E-state index in [2.05, 4.69) is 54.8 Å². The smallest absolute Gasteiger partial charge is 0.406 e. The second-order valence-corrected chi connectivity index (χ2v) is 8.81. The van der Waals surface area contributed by atoms with Crippen LogP contribution in [0.3, 0.4) is 0 Å². The molecule has 0 spiro atoms. The molecule has 0 saturated carbocycles. The van der Waals surface area contributed by atoms with Gasteiger partial charge >= 0.3 is 6.36 Å². The lowest BCUT2D eigenvalue weighted by Crippen LogP contribution is -2.59. The van der Waals surface area contributed by atoms with Gasteiger partial charge in [0.1, 0.15) is 5.75 Å². The Morgan fingerprint density at radius 3 is 2.21 bits per heavy atom. The van der Waals surface area contributed by atoms with Crippen LogP contribution in [0.15, 0.2) is 70.6 Å². The molecule has 188 valence electrons. The molecular formula is C27H37F3N2O2. The van der Waals surface area contributed by atoms with Gasteiger partial charge in [-0.15, -0.1) is 13.2 Å². The van der Waals surface area contributed by atoms with E-state index in [1.807, 2.05) is 19.9 Å². The maximum absolute atomic E-state index is 12.6. The predicted molar refractivity (Wildman–Crippen MR) is 132 cm³/mol. The number of aliphatic hydroxyl groups is 1. The van der Waals surface area contributed by atoms with Crippen molar-refractivity contribution in [2.45, 2.75) is 72.8 Å². The van der Waals surface area contributed by atoms with Crippen LogP contribution in [0.2, 0.25) is 0 Å². The summed E-state index contributed by atoms with van der Waals surface area (Å²) in [5.74, 6) is -0.260. The van der Waals surface area contributed by atoms with Gasteiger partial charge in [-0.2, -0.15) is 0 Å². The van der Waals surface area contributed by atoms with Crippen molar-refractivity contribution < 1.29 is 23.0 Å². The van der Waals surface area contributed by atoms with Crippen LogP contribution in [0.4, 0.5) is 18.9 Å². The minimum Gasteiger partial charge on any atom is -0.406 e. The molecule has 1 aliphatic heterocycles. The number of β-amino-alcohol motifs (C(OH)–C–C–N with tert-alkyl or cyclic N) is 1. The largest absolute Gasteiger partial charge is 0.573 e. The lowest BCUT2D eigenvalue weighted by atomic mass is 9.89. The number of alkyl halides is 3. The summed E-state index contributed by atoms with van der Waals surface area (Å²) in [6.07, 6.45) is 4.02. The van der Waals surface area contributed by atoms with E-state index in [0.717, 1.165) is 41.8 Å². The number of halogens is 3.